The zero-order valence-electron chi connectivity index (χ0n) is 10.2. The average molecular weight is 276 g/mol. The van der Waals surface area contributed by atoms with Crippen LogP contribution in [0.1, 0.15) is 10.4 Å². The molecule has 0 radical (unpaired) electrons. The number of ether oxygens (including phenoxy) is 1. The first-order valence-electron chi connectivity index (χ1n) is 5.52. The van der Waals surface area contributed by atoms with Crippen molar-refractivity contribution < 1.29 is 17.9 Å². The third-order valence-corrected chi connectivity index (χ3v) is 4.48. The van der Waals surface area contributed by atoms with Crippen LogP contribution in [0.15, 0.2) is 58.3 Å². The maximum atomic E-state index is 12.3. The van der Waals surface area contributed by atoms with Crippen molar-refractivity contribution in [3.05, 3.63) is 54.1 Å². The molecule has 2 aromatic carbocycles. The summed E-state index contributed by atoms with van der Waals surface area (Å²) in [5.41, 5.74) is 0.439. The second-order valence-electron chi connectivity index (χ2n) is 3.87. The van der Waals surface area contributed by atoms with Crippen molar-refractivity contribution in [1.82, 2.24) is 0 Å². The summed E-state index contributed by atoms with van der Waals surface area (Å²) in [5.74, 6) is 0.593. The van der Waals surface area contributed by atoms with Crippen LogP contribution in [0, 0.1) is 0 Å². The lowest BCUT2D eigenvalue weighted by molar-refractivity contribution is 0.112. The summed E-state index contributed by atoms with van der Waals surface area (Å²) in [4.78, 5) is 10.9. The SMILES string of the molecule is COc1ccc(S(=O)(=O)c2ccc(C=O)cc2)cc1. The lowest BCUT2D eigenvalue weighted by Crippen LogP contribution is -2.02. The number of rotatable bonds is 4. The Balaban J connectivity index is 2.42. The standard InChI is InChI=1S/C14H12O4S/c1-18-12-4-8-14(9-5-12)19(16,17)13-6-2-11(10-15)3-7-13/h2-10H,1H3. The first kappa shape index (κ1) is 13.3. The first-order chi connectivity index (χ1) is 9.07. The molecule has 0 aliphatic carbocycles. The van der Waals surface area contributed by atoms with Gasteiger partial charge in [0.15, 0.2) is 0 Å². The van der Waals surface area contributed by atoms with Crippen molar-refractivity contribution in [3.63, 3.8) is 0 Å². The highest BCUT2D eigenvalue weighted by atomic mass is 32.2. The molecule has 2 aromatic rings. The Morgan fingerprint density at radius 3 is 1.79 bits per heavy atom. The van der Waals surface area contributed by atoms with Crippen LogP contribution in [-0.4, -0.2) is 21.8 Å². The molecule has 0 heterocycles. The Kier molecular flexibility index (Phi) is 3.66. The molecule has 0 bridgehead atoms. The minimum Gasteiger partial charge on any atom is -0.497 e. The molecule has 5 heteroatoms. The van der Waals surface area contributed by atoms with E-state index in [4.69, 9.17) is 4.74 Å². The van der Waals surface area contributed by atoms with E-state index in [1.165, 1.54) is 43.5 Å². The molecule has 0 aromatic heterocycles. The second kappa shape index (κ2) is 5.24. The number of methoxy groups -OCH3 is 1. The molecule has 0 aliphatic rings. The van der Waals surface area contributed by atoms with E-state index in [2.05, 4.69) is 0 Å². The lowest BCUT2D eigenvalue weighted by atomic mass is 10.2. The number of carbonyl (C=O) groups excluding carboxylic acids is 1. The van der Waals surface area contributed by atoms with E-state index < -0.39 is 9.84 Å². The number of aldehydes is 1. The molecule has 0 amide bonds. The molecule has 2 rings (SSSR count). The maximum Gasteiger partial charge on any atom is 0.206 e. The van der Waals surface area contributed by atoms with Crippen LogP contribution in [0.5, 0.6) is 5.75 Å². The maximum absolute atomic E-state index is 12.3. The Labute approximate surface area is 111 Å². The Bertz CT molecular complexity index is 670. The summed E-state index contributed by atoms with van der Waals surface area (Å²) in [6.07, 6.45) is 0.670. The fraction of sp³-hybridized carbons (Fsp3) is 0.0714. The average Bonchev–Trinajstić information content (AvgIpc) is 2.47. The summed E-state index contributed by atoms with van der Waals surface area (Å²) >= 11 is 0. The lowest BCUT2D eigenvalue weighted by Gasteiger charge is -2.06. The van der Waals surface area contributed by atoms with E-state index in [1.807, 2.05) is 0 Å². The second-order valence-corrected chi connectivity index (χ2v) is 5.82. The van der Waals surface area contributed by atoms with E-state index in [0.717, 1.165) is 0 Å². The fourth-order valence-corrected chi connectivity index (χ4v) is 2.88. The van der Waals surface area contributed by atoms with E-state index >= 15 is 0 Å². The van der Waals surface area contributed by atoms with Gasteiger partial charge < -0.3 is 4.74 Å². The van der Waals surface area contributed by atoms with Gasteiger partial charge in [-0.1, -0.05) is 12.1 Å². The minimum absolute atomic E-state index is 0.156. The molecule has 0 fully saturated rings. The summed E-state index contributed by atoms with van der Waals surface area (Å²) < 4.78 is 29.6. The molecule has 19 heavy (non-hydrogen) atoms. The van der Waals surface area contributed by atoms with E-state index in [9.17, 15) is 13.2 Å². The molecule has 4 nitrogen and oxygen atoms in total. The number of sulfone groups is 1. The predicted molar refractivity (Wildman–Crippen MR) is 70.3 cm³/mol. The number of hydrogen-bond acceptors (Lipinski definition) is 4. The van der Waals surface area contributed by atoms with Crippen molar-refractivity contribution in [3.8, 4) is 5.75 Å². The fourth-order valence-electron chi connectivity index (χ4n) is 1.62. The Hall–Kier alpha value is -2.14. The van der Waals surface area contributed by atoms with E-state index in [1.54, 1.807) is 12.1 Å². The van der Waals surface area contributed by atoms with Gasteiger partial charge in [-0.2, -0.15) is 0 Å². The van der Waals surface area contributed by atoms with Gasteiger partial charge in [-0.05, 0) is 36.4 Å². The summed E-state index contributed by atoms with van der Waals surface area (Å²) in [6.45, 7) is 0. The zero-order chi connectivity index (χ0) is 13.9. The molecule has 0 spiro atoms. The number of carbonyl (C=O) groups is 1. The normalized spacial score (nSPS) is 11.0. The first-order valence-corrected chi connectivity index (χ1v) is 7.00. The topological polar surface area (TPSA) is 60.4 Å². The number of benzene rings is 2. The van der Waals surface area contributed by atoms with Crippen molar-refractivity contribution in [1.29, 1.82) is 0 Å². The van der Waals surface area contributed by atoms with E-state index in [0.29, 0.717) is 17.6 Å². The van der Waals surface area contributed by atoms with Gasteiger partial charge in [-0.15, -0.1) is 0 Å². The highest BCUT2D eigenvalue weighted by molar-refractivity contribution is 7.91. The minimum atomic E-state index is -3.56. The van der Waals surface area contributed by atoms with Crippen LogP contribution in [0.2, 0.25) is 0 Å². The van der Waals surface area contributed by atoms with Crippen LogP contribution in [0.4, 0.5) is 0 Å². The monoisotopic (exact) mass is 276 g/mol. The molecule has 0 saturated carbocycles. The van der Waals surface area contributed by atoms with Gasteiger partial charge in [0, 0.05) is 5.56 Å². The molecule has 0 unspecified atom stereocenters. The van der Waals surface area contributed by atoms with Crippen LogP contribution < -0.4 is 4.74 Å². The Morgan fingerprint density at radius 1 is 0.895 bits per heavy atom. The third-order valence-electron chi connectivity index (χ3n) is 2.70. The molecule has 0 N–H and O–H groups in total. The van der Waals surface area contributed by atoms with Crippen molar-refractivity contribution in [2.24, 2.45) is 0 Å². The molecule has 98 valence electrons. The van der Waals surface area contributed by atoms with Crippen molar-refractivity contribution in [2.75, 3.05) is 7.11 Å². The van der Waals surface area contributed by atoms with Gasteiger partial charge in [0.05, 0.1) is 16.9 Å². The Morgan fingerprint density at radius 2 is 1.37 bits per heavy atom. The van der Waals surface area contributed by atoms with Gasteiger partial charge in [0.25, 0.3) is 0 Å². The molecule has 0 saturated heterocycles. The van der Waals surface area contributed by atoms with Crippen LogP contribution in [-0.2, 0) is 9.84 Å². The highest BCUT2D eigenvalue weighted by Crippen LogP contribution is 2.23. The summed E-state index contributed by atoms with van der Waals surface area (Å²) in [6, 6.07) is 11.9. The van der Waals surface area contributed by atoms with Gasteiger partial charge in [-0.25, -0.2) is 8.42 Å². The van der Waals surface area contributed by atoms with Gasteiger partial charge in [0.1, 0.15) is 12.0 Å². The van der Waals surface area contributed by atoms with E-state index in [-0.39, 0.29) is 9.79 Å². The molecule has 0 atom stereocenters. The summed E-state index contributed by atoms with van der Waals surface area (Å²) in [7, 11) is -2.04. The molecular formula is C14H12O4S. The quantitative estimate of drug-likeness (QED) is 0.804. The zero-order valence-corrected chi connectivity index (χ0v) is 11.1. The van der Waals surface area contributed by atoms with Gasteiger partial charge >= 0.3 is 0 Å². The molecular weight excluding hydrogens is 264 g/mol. The van der Waals surface area contributed by atoms with Crippen molar-refractivity contribution in [2.45, 2.75) is 9.79 Å². The smallest absolute Gasteiger partial charge is 0.206 e. The molecule has 0 aliphatic heterocycles. The third kappa shape index (κ3) is 2.66. The largest absolute Gasteiger partial charge is 0.497 e. The van der Waals surface area contributed by atoms with Gasteiger partial charge in [-0.3, -0.25) is 4.79 Å². The van der Waals surface area contributed by atoms with Crippen LogP contribution in [0.3, 0.4) is 0 Å². The van der Waals surface area contributed by atoms with Gasteiger partial charge in [0.2, 0.25) is 9.84 Å². The predicted octanol–water partition coefficient (Wildman–Crippen LogP) is 2.34. The highest BCUT2D eigenvalue weighted by Gasteiger charge is 2.17. The number of hydrogen-bond donors (Lipinski definition) is 0. The van der Waals surface area contributed by atoms with Crippen molar-refractivity contribution >= 4 is 16.1 Å². The van der Waals surface area contributed by atoms with Crippen LogP contribution >= 0.6 is 0 Å². The van der Waals surface area contributed by atoms with Crippen LogP contribution in [0.25, 0.3) is 0 Å². The summed E-state index contributed by atoms with van der Waals surface area (Å²) in [5, 5.41) is 0.